The highest BCUT2D eigenvalue weighted by Crippen LogP contribution is 2.45. The Hall–Kier alpha value is -3.85. The Balaban J connectivity index is -0.000000320. The fourth-order valence-corrected chi connectivity index (χ4v) is 10.4. The number of aliphatic hydroxyl groups excluding tert-OH is 2. The molecule has 6 heterocycles. The van der Waals surface area contributed by atoms with Crippen LogP contribution in [0.1, 0.15) is 373 Å². The van der Waals surface area contributed by atoms with E-state index in [9.17, 15) is 24.0 Å². The van der Waals surface area contributed by atoms with Gasteiger partial charge in [-0.3, -0.25) is 24.0 Å². The molecule has 3 aromatic heterocycles. The van der Waals surface area contributed by atoms with Gasteiger partial charge in [0.2, 0.25) is 5.91 Å². The number of ketones is 1. The van der Waals surface area contributed by atoms with Crippen molar-refractivity contribution in [1.29, 1.82) is 0 Å². The summed E-state index contributed by atoms with van der Waals surface area (Å²) in [5.74, 6) is 4.87. The number of nitrogens with one attached hydrogen (secondary N) is 4. The molecule has 8 rings (SSSR count). The molecule has 776 valence electrons. The molecule has 2 saturated carbocycles. The number of carbonyl (C=O) groups excluding carboxylic acids is 2. The largest absolute Gasteiger partial charge is 0.388 e. The molecular weight excluding hydrogens is 1670 g/mol. The molecule has 26 nitrogen and oxygen atoms in total. The van der Waals surface area contributed by atoms with E-state index in [0.29, 0.717) is 56.2 Å². The van der Waals surface area contributed by atoms with Gasteiger partial charge in [0.15, 0.2) is 5.78 Å². The number of aromatic nitrogens is 6. The number of carbonyl (C=O) groups is 2. The van der Waals surface area contributed by atoms with E-state index >= 15 is 0 Å². The first kappa shape index (κ1) is 137. The fourth-order valence-electron chi connectivity index (χ4n) is 9.72. The fraction of sp³-hybridized carbons (Fsp3) is 0.883. The lowest BCUT2D eigenvalue weighted by Gasteiger charge is -2.30. The molecule has 5 aliphatic rings. The molecular formula is C103H210N8O18S. The van der Waals surface area contributed by atoms with Crippen LogP contribution >= 0.6 is 0 Å². The topological polar surface area (TPSA) is 313 Å². The van der Waals surface area contributed by atoms with Crippen LogP contribution in [0.15, 0.2) is 37.2 Å². The van der Waals surface area contributed by atoms with Crippen LogP contribution < -0.4 is 5.32 Å². The van der Waals surface area contributed by atoms with E-state index in [4.69, 9.17) is 61.6 Å². The normalized spacial score (nSPS) is 18.2. The summed E-state index contributed by atoms with van der Waals surface area (Å²) in [6, 6.07) is 2.00. The van der Waals surface area contributed by atoms with E-state index < -0.39 is 21.7 Å². The van der Waals surface area contributed by atoms with E-state index in [1.807, 2.05) is 143 Å². The van der Waals surface area contributed by atoms with Crippen molar-refractivity contribution in [3.63, 3.8) is 0 Å². The van der Waals surface area contributed by atoms with Crippen LogP contribution in [0.2, 0.25) is 0 Å². The van der Waals surface area contributed by atoms with Gasteiger partial charge in [0.1, 0.15) is 37.6 Å². The number of hydrogen-bond acceptors (Lipinski definition) is 22. The van der Waals surface area contributed by atoms with Crippen molar-refractivity contribution in [3.05, 3.63) is 54.1 Å². The average molecular weight is 1880 g/mol. The third-order valence-electron chi connectivity index (χ3n) is 17.2. The van der Waals surface area contributed by atoms with Crippen molar-refractivity contribution < 1.29 is 85.6 Å². The zero-order valence-electron chi connectivity index (χ0n) is 91.7. The quantitative estimate of drug-likeness (QED) is 0.0452. The Morgan fingerprint density at radius 3 is 1.21 bits per heavy atom. The highest BCUT2D eigenvalue weighted by Gasteiger charge is 2.39. The van der Waals surface area contributed by atoms with E-state index in [-0.39, 0.29) is 117 Å². The molecule has 5 atom stereocenters. The van der Waals surface area contributed by atoms with Crippen LogP contribution in [0.25, 0.3) is 0 Å². The van der Waals surface area contributed by atoms with Crippen LogP contribution in [0.4, 0.5) is 0 Å². The van der Waals surface area contributed by atoms with Gasteiger partial charge in [-0.1, -0.05) is 103 Å². The van der Waals surface area contributed by atoms with Gasteiger partial charge in [0, 0.05) is 85.5 Å². The van der Waals surface area contributed by atoms with Crippen molar-refractivity contribution in [3.8, 4) is 0 Å². The monoisotopic (exact) mass is 1880 g/mol. The van der Waals surface area contributed by atoms with Crippen LogP contribution in [0.3, 0.4) is 0 Å². The number of ether oxygens (including phenoxy) is 13. The molecule has 1 unspecified atom stereocenters. The Labute approximate surface area is 798 Å². The SMILES string of the molecule is C.C=S(C)(=O)CCCOC(C)(C)C.CC(=O)COC(C)(C)C.CC(C)(C)OC1CCCCC1.CC(C)(C)OCC1COC1.CC(C)(C)O[C@@H]1COC[C@H]1O.CC(C)(C)O[C@H]1COC[C@@H]1O.CC(C)(C)c1ccn[nH]1.CC(C)(C)c1cn[nH]c1.CC(C)(C)c1cnc[nH]1.CC1(COC(C)(C)C)CC1.CCCOC(C)(C)C.CN(C)CCOC(C)(C)C.CNC(=O)COC(C)(C)C. The predicted molar refractivity (Wildman–Crippen MR) is 545 cm³/mol. The Morgan fingerprint density at radius 2 is 0.954 bits per heavy atom. The van der Waals surface area contributed by atoms with Crippen LogP contribution in [0.5, 0.6) is 0 Å². The van der Waals surface area contributed by atoms with Crippen molar-refractivity contribution in [2.24, 2.45) is 11.3 Å². The Kier molecular flexibility index (Phi) is 68.5. The Bertz CT molecular complexity index is 3120. The van der Waals surface area contributed by atoms with Crippen LogP contribution in [0, 0.1) is 11.3 Å². The van der Waals surface area contributed by atoms with Crippen molar-refractivity contribution in [1.82, 2.24) is 40.6 Å². The van der Waals surface area contributed by atoms with E-state index in [1.165, 1.54) is 68.8 Å². The minimum atomic E-state index is -1.82. The zero-order valence-corrected chi connectivity index (χ0v) is 92.5. The van der Waals surface area contributed by atoms with Gasteiger partial charge < -0.3 is 87.0 Å². The van der Waals surface area contributed by atoms with Crippen molar-refractivity contribution in [2.75, 3.05) is 126 Å². The summed E-state index contributed by atoms with van der Waals surface area (Å²) in [4.78, 5) is 30.1. The van der Waals surface area contributed by atoms with Crippen LogP contribution in [-0.4, -0.2) is 279 Å². The molecule has 0 bridgehead atoms. The standard InChI is InChI=1S/C10H20O.C9H20O2S.C9H18O.C8H19NO.2C8H16O3.C8H16O2.3C7H12N2.C7H15NO2.C7H14O2.C7H16O.CH4/c1-10(2,3)11-9-7-5-4-6-8-9;1-9(2,3)11-7-6-8-12(4,5)10;1-8(2,3)10-7-9(4)5-6-9;1-8(2,3)10-7-6-9(4)5;2*1-8(2,3)11-7-5-10-4-6(7)9;1-8(2,3)10-6-7-4-9-5-7;1-7(2,3)6-4-8-5-9-6;1-7(2,3)6-4-8-9-5-6;1-7(2,3)6-4-5-8-9-6;1-7(2,3)10-5-6(9)8-4;1-6(8)5-9-7(2,3)4;1-5-6-8-7(2,3)4;/h9H,4-8H2,1-3H3;4,6-8H2,1-3,5H3;5-7H2,1-4H3;6-7H2,1-5H3;2*6-7,9H,4-5H2,1-3H3;7H,4-6H2,1-3H3;3*4-5H,1-3H3,(H,8,9);5H2,1-4H3,(H,8,9);5H2,1-4H3;5-6H2,1-4H3;1H4/t;;;;2*6-,7-;;;;;;;;/m....10......../s1. The Morgan fingerprint density at radius 1 is 0.538 bits per heavy atom. The summed E-state index contributed by atoms with van der Waals surface area (Å²) < 4.78 is 81.1. The van der Waals surface area contributed by atoms with Gasteiger partial charge in [-0.25, -0.2) is 4.98 Å². The van der Waals surface area contributed by atoms with Crippen molar-refractivity contribution in [2.45, 2.75) is 459 Å². The second-order valence-corrected chi connectivity index (χ2v) is 50.3. The van der Waals surface area contributed by atoms with Gasteiger partial charge >= 0.3 is 0 Å². The number of rotatable bonds is 20. The third kappa shape index (κ3) is 100. The number of aromatic amines is 3. The molecule has 0 radical (unpaired) electrons. The van der Waals surface area contributed by atoms with Gasteiger partial charge in [0.05, 0.1) is 134 Å². The number of H-pyrrole nitrogens is 3. The molecule has 0 spiro atoms. The van der Waals surface area contributed by atoms with E-state index in [2.05, 4.69) is 226 Å². The maximum atomic E-state index is 11.1. The second kappa shape index (κ2) is 65.1. The first-order valence-electron chi connectivity index (χ1n) is 47.1. The van der Waals surface area contributed by atoms with Gasteiger partial charge in [-0.15, -0.1) is 0 Å². The molecule has 130 heavy (non-hydrogen) atoms. The molecule has 3 saturated heterocycles. The number of aliphatic hydroxyl groups is 2. The molecule has 27 heteroatoms. The van der Waals surface area contributed by atoms with E-state index in [0.717, 1.165) is 59.0 Å². The summed E-state index contributed by atoms with van der Waals surface area (Å²) in [6.45, 7) is 95.3. The lowest BCUT2D eigenvalue weighted by atomic mass is 9.90. The highest BCUT2D eigenvalue weighted by atomic mass is 32.2. The minimum absolute atomic E-state index is 0. The predicted octanol–water partition coefficient (Wildman–Crippen LogP) is 21.1. The average Bonchev–Trinajstić information content (AvgIpc) is 1.68. The number of likely N-dealkylation sites (N-methyl/N-ethyl adjacent to an activating group) is 2. The lowest BCUT2D eigenvalue weighted by molar-refractivity contribution is -0.130. The summed E-state index contributed by atoms with van der Waals surface area (Å²) in [5, 5.41) is 34.5. The molecule has 6 N–H and O–H groups in total. The molecule has 3 aliphatic heterocycles. The third-order valence-corrected chi connectivity index (χ3v) is 18.3. The summed E-state index contributed by atoms with van der Waals surface area (Å²) in [6.07, 6.45) is 21.5. The molecule has 5 fully saturated rings. The smallest absolute Gasteiger partial charge is 0.245 e. The minimum Gasteiger partial charge on any atom is -0.388 e. The second-order valence-electron chi connectivity index (χ2n) is 47.6. The number of amides is 1. The number of Topliss-reactive ketones (excluding diaryl/α,β-unsaturated/α-hetero) is 1. The maximum Gasteiger partial charge on any atom is 0.245 e. The molecule has 2 aliphatic carbocycles. The number of hydrogen-bond donors (Lipinski definition) is 6. The summed E-state index contributed by atoms with van der Waals surface area (Å²) in [7, 11) is 3.87. The number of imidazole rings is 1. The first-order chi connectivity index (χ1) is 57.9. The van der Waals surface area contributed by atoms with Gasteiger partial charge in [-0.2, -0.15) is 10.2 Å². The van der Waals surface area contributed by atoms with Crippen LogP contribution in [-0.2, 0) is 96.9 Å². The highest BCUT2D eigenvalue weighted by molar-refractivity contribution is 7.99. The lowest BCUT2D eigenvalue weighted by Crippen LogP contribution is -2.34. The van der Waals surface area contributed by atoms with E-state index in [1.54, 1.807) is 25.8 Å². The zero-order chi connectivity index (χ0) is 102. The first-order valence-corrected chi connectivity index (χ1v) is 49.5. The van der Waals surface area contributed by atoms with Gasteiger partial charge in [0.25, 0.3) is 0 Å². The summed E-state index contributed by atoms with van der Waals surface area (Å²) in [5.41, 5.74) is 4.07. The van der Waals surface area contributed by atoms with Gasteiger partial charge in [-0.05, 0) is 305 Å². The molecule has 0 aromatic carbocycles. The maximum absolute atomic E-state index is 11.1. The number of nitrogens with zero attached hydrogens (tertiary/aromatic N) is 4. The van der Waals surface area contributed by atoms with Crippen molar-refractivity contribution >= 4 is 27.1 Å². The summed E-state index contributed by atoms with van der Waals surface area (Å²) >= 11 is 0. The molecule has 3 aromatic rings. The molecule has 1 amide bonds.